The molecule has 0 amide bonds. The average molecular weight is 315 g/mol. The Labute approximate surface area is 129 Å². The number of anilines is 1. The van der Waals surface area contributed by atoms with E-state index in [1.54, 1.807) is 43.7 Å². The van der Waals surface area contributed by atoms with Crippen LogP contribution in [0.5, 0.6) is 0 Å². The van der Waals surface area contributed by atoms with Gasteiger partial charge in [-0.25, -0.2) is 13.4 Å². The molecule has 0 N–H and O–H groups in total. The predicted molar refractivity (Wildman–Crippen MR) is 87.5 cm³/mol. The Morgan fingerprint density at radius 3 is 2.64 bits per heavy atom. The summed E-state index contributed by atoms with van der Waals surface area (Å²) in [6, 6.07) is 12.3. The molecule has 0 unspecified atom stereocenters. The minimum absolute atomic E-state index is 0.288. The van der Waals surface area contributed by atoms with Gasteiger partial charge in [0.2, 0.25) is 0 Å². The zero-order valence-corrected chi connectivity index (χ0v) is 13.5. The first-order valence-corrected chi connectivity index (χ1v) is 8.30. The van der Waals surface area contributed by atoms with Crippen molar-refractivity contribution in [1.29, 1.82) is 0 Å². The summed E-state index contributed by atoms with van der Waals surface area (Å²) in [6.07, 6.45) is 1.71. The van der Waals surface area contributed by atoms with Gasteiger partial charge in [0.15, 0.2) is 0 Å². The van der Waals surface area contributed by atoms with Gasteiger partial charge in [-0.15, -0.1) is 0 Å². The molecule has 0 fully saturated rings. The third-order valence-corrected chi connectivity index (χ3v) is 5.50. The summed E-state index contributed by atoms with van der Waals surface area (Å²) in [7, 11) is -0.115. The lowest BCUT2D eigenvalue weighted by Gasteiger charge is -2.19. The Morgan fingerprint density at radius 2 is 1.91 bits per heavy atom. The normalized spacial score (nSPS) is 11.8. The van der Waals surface area contributed by atoms with E-state index in [4.69, 9.17) is 0 Å². The number of rotatable bonds is 3. The number of fused-ring (bicyclic) bond motifs is 1. The molecule has 0 aliphatic heterocycles. The van der Waals surface area contributed by atoms with Crippen molar-refractivity contribution in [3.05, 3.63) is 54.4 Å². The molecule has 0 aliphatic rings. The van der Waals surface area contributed by atoms with Crippen LogP contribution in [0.2, 0.25) is 0 Å². The molecule has 0 radical (unpaired) electrons. The quantitative estimate of drug-likeness (QED) is 0.747. The van der Waals surface area contributed by atoms with Crippen LogP contribution in [0.1, 0.15) is 5.56 Å². The molecule has 0 saturated heterocycles. The first-order chi connectivity index (χ1) is 10.4. The number of imidazole rings is 1. The summed E-state index contributed by atoms with van der Waals surface area (Å²) in [5, 5.41) is 0. The Hall–Kier alpha value is -2.34. The number of hydrogen-bond acceptors (Lipinski definition) is 3. The van der Waals surface area contributed by atoms with Crippen LogP contribution < -0.4 is 4.31 Å². The third-order valence-electron chi connectivity index (χ3n) is 3.72. The molecule has 0 bridgehead atoms. The molecule has 0 saturated carbocycles. The summed E-state index contributed by atoms with van der Waals surface area (Å²) in [4.78, 5) is 4.56. The standard InChI is InChI=1S/C16H17N3O2S/c1-12-5-4-6-14(9-12)22(20,21)19(3)13-7-8-16-15(10-13)17-11-18(16)2/h4-11H,1-3H3. The van der Waals surface area contributed by atoms with Crippen LogP contribution >= 0.6 is 0 Å². The van der Waals surface area contributed by atoms with Gasteiger partial charge >= 0.3 is 0 Å². The van der Waals surface area contributed by atoms with Gasteiger partial charge in [0.25, 0.3) is 10.0 Å². The average Bonchev–Trinajstić information content (AvgIpc) is 2.87. The van der Waals surface area contributed by atoms with E-state index in [0.29, 0.717) is 5.69 Å². The minimum Gasteiger partial charge on any atom is -0.334 e. The van der Waals surface area contributed by atoms with Crippen LogP contribution in [0.25, 0.3) is 11.0 Å². The molecule has 1 heterocycles. The Balaban J connectivity index is 2.05. The largest absolute Gasteiger partial charge is 0.334 e. The molecule has 0 spiro atoms. The van der Waals surface area contributed by atoms with Gasteiger partial charge in [-0.05, 0) is 42.8 Å². The smallest absolute Gasteiger partial charge is 0.264 e. The fourth-order valence-corrected chi connectivity index (χ4v) is 3.69. The molecule has 22 heavy (non-hydrogen) atoms. The van der Waals surface area contributed by atoms with Crippen LogP contribution in [0, 0.1) is 6.92 Å². The first-order valence-electron chi connectivity index (χ1n) is 6.86. The molecule has 0 atom stereocenters. The Bertz CT molecular complexity index is 945. The van der Waals surface area contributed by atoms with Crippen molar-refractivity contribution in [2.45, 2.75) is 11.8 Å². The summed E-state index contributed by atoms with van der Waals surface area (Å²) >= 11 is 0. The Morgan fingerprint density at radius 1 is 1.14 bits per heavy atom. The van der Waals surface area contributed by atoms with Crippen LogP contribution in [0.3, 0.4) is 0 Å². The predicted octanol–water partition coefficient (Wildman–Crippen LogP) is 2.71. The minimum atomic E-state index is -3.58. The summed E-state index contributed by atoms with van der Waals surface area (Å²) in [5.41, 5.74) is 3.23. The number of aromatic nitrogens is 2. The van der Waals surface area contributed by atoms with Gasteiger partial charge in [-0.1, -0.05) is 12.1 Å². The van der Waals surface area contributed by atoms with E-state index in [1.165, 1.54) is 4.31 Å². The number of aryl methyl sites for hydroxylation is 2. The van der Waals surface area contributed by atoms with E-state index in [0.717, 1.165) is 16.6 Å². The maximum atomic E-state index is 12.7. The van der Waals surface area contributed by atoms with Crippen molar-refractivity contribution in [3.8, 4) is 0 Å². The highest BCUT2D eigenvalue weighted by molar-refractivity contribution is 7.92. The molecule has 6 heteroatoms. The highest BCUT2D eigenvalue weighted by Gasteiger charge is 2.21. The van der Waals surface area contributed by atoms with Crippen LogP contribution in [-0.2, 0) is 17.1 Å². The molecule has 0 aliphatic carbocycles. The van der Waals surface area contributed by atoms with Crippen molar-refractivity contribution in [2.24, 2.45) is 7.05 Å². The molecule has 1 aromatic heterocycles. The zero-order valence-electron chi connectivity index (χ0n) is 12.7. The monoisotopic (exact) mass is 315 g/mol. The van der Waals surface area contributed by atoms with Gasteiger partial charge in [0, 0.05) is 14.1 Å². The summed E-state index contributed by atoms with van der Waals surface area (Å²) in [5.74, 6) is 0. The van der Waals surface area contributed by atoms with Crippen molar-refractivity contribution in [1.82, 2.24) is 9.55 Å². The fourth-order valence-electron chi connectivity index (χ4n) is 2.39. The van der Waals surface area contributed by atoms with E-state index in [-0.39, 0.29) is 4.90 Å². The third kappa shape index (κ3) is 2.35. The van der Waals surface area contributed by atoms with Crippen molar-refractivity contribution >= 4 is 26.7 Å². The fraction of sp³-hybridized carbons (Fsp3) is 0.188. The van der Waals surface area contributed by atoms with Crippen molar-refractivity contribution in [3.63, 3.8) is 0 Å². The van der Waals surface area contributed by atoms with E-state index >= 15 is 0 Å². The second-order valence-corrected chi connectivity index (χ2v) is 7.29. The molecular weight excluding hydrogens is 298 g/mol. The van der Waals surface area contributed by atoms with E-state index in [9.17, 15) is 8.42 Å². The summed E-state index contributed by atoms with van der Waals surface area (Å²) in [6.45, 7) is 1.87. The van der Waals surface area contributed by atoms with Gasteiger partial charge in [0.1, 0.15) is 0 Å². The Kier molecular flexibility index (Phi) is 3.41. The molecular formula is C16H17N3O2S. The van der Waals surface area contributed by atoms with Gasteiger partial charge in [-0.2, -0.15) is 0 Å². The molecule has 5 nitrogen and oxygen atoms in total. The maximum Gasteiger partial charge on any atom is 0.264 e. The van der Waals surface area contributed by atoms with E-state index < -0.39 is 10.0 Å². The highest BCUT2D eigenvalue weighted by Crippen LogP contribution is 2.25. The molecule has 3 aromatic rings. The first kappa shape index (κ1) is 14.6. The van der Waals surface area contributed by atoms with Crippen LogP contribution in [0.4, 0.5) is 5.69 Å². The topological polar surface area (TPSA) is 55.2 Å². The van der Waals surface area contributed by atoms with Gasteiger partial charge < -0.3 is 4.57 Å². The lowest BCUT2D eigenvalue weighted by molar-refractivity contribution is 0.594. The van der Waals surface area contributed by atoms with Gasteiger partial charge in [-0.3, -0.25) is 4.31 Å². The molecule has 3 rings (SSSR count). The second kappa shape index (κ2) is 5.14. The van der Waals surface area contributed by atoms with Crippen molar-refractivity contribution in [2.75, 3.05) is 11.4 Å². The van der Waals surface area contributed by atoms with E-state index in [1.807, 2.05) is 30.7 Å². The molecule has 114 valence electrons. The lowest BCUT2D eigenvalue weighted by atomic mass is 10.2. The van der Waals surface area contributed by atoms with Crippen LogP contribution in [-0.4, -0.2) is 25.0 Å². The van der Waals surface area contributed by atoms with Gasteiger partial charge in [0.05, 0.1) is 27.9 Å². The van der Waals surface area contributed by atoms with Crippen LogP contribution in [0.15, 0.2) is 53.7 Å². The lowest BCUT2D eigenvalue weighted by Crippen LogP contribution is -2.26. The van der Waals surface area contributed by atoms with Crippen molar-refractivity contribution < 1.29 is 8.42 Å². The molecule has 2 aromatic carbocycles. The highest BCUT2D eigenvalue weighted by atomic mass is 32.2. The number of hydrogen-bond donors (Lipinski definition) is 0. The summed E-state index contributed by atoms with van der Waals surface area (Å²) < 4.78 is 28.6. The number of benzene rings is 2. The van der Waals surface area contributed by atoms with E-state index in [2.05, 4.69) is 4.98 Å². The number of nitrogens with zero attached hydrogens (tertiary/aromatic N) is 3. The zero-order chi connectivity index (χ0) is 15.9. The maximum absolute atomic E-state index is 12.7. The SMILES string of the molecule is Cc1cccc(S(=O)(=O)N(C)c2ccc3c(c2)ncn3C)c1. The second-order valence-electron chi connectivity index (χ2n) is 5.32. The number of sulfonamides is 1.